The minimum absolute atomic E-state index is 0.0908. The fraction of sp³-hybridized carbons (Fsp3) is 0.562. The van der Waals surface area contributed by atoms with Crippen molar-refractivity contribution in [1.29, 1.82) is 0 Å². The van der Waals surface area contributed by atoms with Gasteiger partial charge < -0.3 is 20.5 Å². The number of nitrogens with one attached hydrogen (secondary N) is 1. The summed E-state index contributed by atoms with van der Waals surface area (Å²) in [6.07, 6.45) is 4.40. The minimum Gasteiger partial charge on any atom is -0.497 e. The van der Waals surface area contributed by atoms with E-state index in [2.05, 4.69) is 5.32 Å². The fourth-order valence-corrected chi connectivity index (χ4v) is 2.49. The fourth-order valence-electron chi connectivity index (χ4n) is 2.49. The van der Waals surface area contributed by atoms with Crippen molar-refractivity contribution < 1.29 is 14.3 Å². The number of amides is 1. The summed E-state index contributed by atoms with van der Waals surface area (Å²) in [6.45, 7) is 1.06. The Morgan fingerprint density at radius 3 is 2.52 bits per heavy atom. The molecule has 0 aliphatic heterocycles. The van der Waals surface area contributed by atoms with Gasteiger partial charge in [0.15, 0.2) is 0 Å². The highest BCUT2D eigenvalue weighted by Gasteiger charge is 2.18. The molecule has 1 fully saturated rings. The van der Waals surface area contributed by atoms with Crippen molar-refractivity contribution in [2.24, 2.45) is 5.73 Å². The van der Waals surface area contributed by atoms with Crippen LogP contribution in [0.4, 0.5) is 0 Å². The van der Waals surface area contributed by atoms with Gasteiger partial charge in [0, 0.05) is 18.2 Å². The number of hydrogen-bond donors (Lipinski definition) is 2. The van der Waals surface area contributed by atoms with E-state index in [0.717, 1.165) is 31.4 Å². The van der Waals surface area contributed by atoms with Gasteiger partial charge in [-0.15, -0.1) is 0 Å². The molecule has 1 aromatic rings. The molecule has 0 aromatic heterocycles. The molecule has 1 aliphatic carbocycles. The van der Waals surface area contributed by atoms with E-state index >= 15 is 0 Å². The molecule has 1 aliphatic rings. The number of carbonyl (C=O) groups is 1. The van der Waals surface area contributed by atoms with Crippen LogP contribution in [-0.2, 0) is 4.74 Å². The predicted molar refractivity (Wildman–Crippen MR) is 81.5 cm³/mol. The second kappa shape index (κ2) is 8.00. The van der Waals surface area contributed by atoms with Crippen LogP contribution in [0.1, 0.15) is 36.0 Å². The number of methoxy groups -OCH3 is 1. The van der Waals surface area contributed by atoms with E-state index in [4.69, 9.17) is 15.2 Å². The monoisotopic (exact) mass is 292 g/mol. The lowest BCUT2D eigenvalue weighted by atomic mass is 9.94. The summed E-state index contributed by atoms with van der Waals surface area (Å²) in [4.78, 5) is 11.9. The largest absolute Gasteiger partial charge is 0.497 e. The lowest BCUT2D eigenvalue weighted by Crippen LogP contribution is -2.33. The van der Waals surface area contributed by atoms with Crippen molar-refractivity contribution in [3.05, 3.63) is 29.8 Å². The van der Waals surface area contributed by atoms with E-state index in [1.807, 2.05) is 0 Å². The van der Waals surface area contributed by atoms with Crippen LogP contribution in [0.2, 0.25) is 0 Å². The van der Waals surface area contributed by atoms with Gasteiger partial charge in [-0.3, -0.25) is 4.79 Å². The third kappa shape index (κ3) is 5.02. The maximum absolute atomic E-state index is 11.9. The first-order chi connectivity index (χ1) is 10.2. The molecular weight excluding hydrogens is 268 g/mol. The Morgan fingerprint density at radius 1 is 1.24 bits per heavy atom. The first-order valence-corrected chi connectivity index (χ1v) is 7.48. The lowest BCUT2D eigenvalue weighted by Gasteiger charge is -2.26. The molecule has 0 radical (unpaired) electrons. The molecule has 5 heteroatoms. The molecule has 3 N–H and O–H groups in total. The van der Waals surface area contributed by atoms with Gasteiger partial charge in [0.05, 0.1) is 19.8 Å². The molecule has 0 saturated heterocycles. The molecule has 0 atom stereocenters. The topological polar surface area (TPSA) is 73.6 Å². The van der Waals surface area contributed by atoms with E-state index in [1.165, 1.54) is 0 Å². The Bertz CT molecular complexity index is 439. The molecular formula is C16H24N2O3. The number of carbonyl (C=O) groups excluding carboxylic acids is 1. The summed E-state index contributed by atoms with van der Waals surface area (Å²) >= 11 is 0. The van der Waals surface area contributed by atoms with Crippen molar-refractivity contribution in [3.8, 4) is 5.75 Å². The summed E-state index contributed by atoms with van der Waals surface area (Å²) in [6, 6.07) is 7.38. The van der Waals surface area contributed by atoms with Crippen molar-refractivity contribution in [1.82, 2.24) is 5.32 Å². The maximum Gasteiger partial charge on any atom is 0.251 e. The van der Waals surface area contributed by atoms with Crippen LogP contribution in [0, 0.1) is 0 Å². The van der Waals surface area contributed by atoms with Gasteiger partial charge in [-0.05, 0) is 49.9 Å². The summed E-state index contributed by atoms with van der Waals surface area (Å²) in [5, 5.41) is 2.86. The van der Waals surface area contributed by atoms with Crippen LogP contribution >= 0.6 is 0 Å². The van der Waals surface area contributed by atoms with Crippen molar-refractivity contribution in [2.45, 2.75) is 37.8 Å². The molecule has 0 unspecified atom stereocenters. The summed E-state index contributed by atoms with van der Waals surface area (Å²) < 4.78 is 10.8. The molecule has 116 valence electrons. The Labute approximate surface area is 125 Å². The predicted octanol–water partition coefficient (Wildman–Crippen LogP) is 1.71. The Morgan fingerprint density at radius 2 is 1.90 bits per heavy atom. The number of hydrogen-bond acceptors (Lipinski definition) is 4. The summed E-state index contributed by atoms with van der Waals surface area (Å²) in [5.74, 6) is 0.650. The molecule has 1 saturated carbocycles. The molecule has 1 amide bonds. The zero-order valence-electron chi connectivity index (χ0n) is 12.5. The highest BCUT2D eigenvalue weighted by molar-refractivity contribution is 5.94. The Kier molecular flexibility index (Phi) is 6.02. The van der Waals surface area contributed by atoms with Gasteiger partial charge in [0.25, 0.3) is 5.91 Å². The van der Waals surface area contributed by atoms with E-state index in [-0.39, 0.29) is 5.91 Å². The van der Waals surface area contributed by atoms with Gasteiger partial charge in [-0.1, -0.05) is 0 Å². The molecule has 21 heavy (non-hydrogen) atoms. The van der Waals surface area contributed by atoms with E-state index < -0.39 is 0 Å². The van der Waals surface area contributed by atoms with Gasteiger partial charge >= 0.3 is 0 Å². The Hall–Kier alpha value is -1.59. The smallest absolute Gasteiger partial charge is 0.251 e. The van der Waals surface area contributed by atoms with Crippen LogP contribution in [0.25, 0.3) is 0 Å². The standard InChI is InChI=1S/C16H24N2O3/c1-20-14-6-2-12(3-7-14)16(19)18-10-11-21-15-8-4-13(17)5-9-15/h2-3,6-7,13,15H,4-5,8-11,17H2,1H3,(H,18,19). The number of nitrogens with two attached hydrogens (primary N) is 1. The number of rotatable bonds is 6. The van der Waals surface area contributed by atoms with E-state index in [9.17, 15) is 4.79 Å². The first kappa shape index (κ1) is 15.8. The average Bonchev–Trinajstić information content (AvgIpc) is 2.53. The quantitative estimate of drug-likeness (QED) is 0.783. The van der Waals surface area contributed by atoms with Crippen molar-refractivity contribution >= 4 is 5.91 Å². The van der Waals surface area contributed by atoms with Crippen LogP contribution in [-0.4, -0.2) is 38.3 Å². The molecule has 2 rings (SSSR count). The second-order valence-electron chi connectivity index (χ2n) is 5.39. The molecule has 0 bridgehead atoms. The second-order valence-corrected chi connectivity index (χ2v) is 5.39. The van der Waals surface area contributed by atoms with Crippen LogP contribution < -0.4 is 15.8 Å². The molecule has 0 heterocycles. The van der Waals surface area contributed by atoms with E-state index in [1.54, 1.807) is 31.4 Å². The normalized spacial score (nSPS) is 21.8. The third-order valence-electron chi connectivity index (χ3n) is 3.81. The first-order valence-electron chi connectivity index (χ1n) is 7.48. The molecule has 5 nitrogen and oxygen atoms in total. The zero-order valence-corrected chi connectivity index (χ0v) is 12.5. The average molecular weight is 292 g/mol. The molecule has 1 aromatic carbocycles. The third-order valence-corrected chi connectivity index (χ3v) is 3.81. The van der Waals surface area contributed by atoms with Gasteiger partial charge in [0.1, 0.15) is 5.75 Å². The van der Waals surface area contributed by atoms with Gasteiger partial charge in [-0.2, -0.15) is 0 Å². The summed E-state index contributed by atoms with van der Waals surface area (Å²) in [7, 11) is 1.60. The van der Waals surface area contributed by atoms with E-state index in [0.29, 0.717) is 30.9 Å². The van der Waals surface area contributed by atoms with Crippen LogP contribution in [0.15, 0.2) is 24.3 Å². The SMILES string of the molecule is COc1ccc(C(=O)NCCOC2CCC(N)CC2)cc1. The Balaban J connectivity index is 1.64. The highest BCUT2D eigenvalue weighted by atomic mass is 16.5. The van der Waals surface area contributed by atoms with Crippen molar-refractivity contribution in [2.75, 3.05) is 20.3 Å². The zero-order chi connectivity index (χ0) is 15.1. The highest BCUT2D eigenvalue weighted by Crippen LogP contribution is 2.19. The number of ether oxygens (including phenoxy) is 2. The van der Waals surface area contributed by atoms with Gasteiger partial charge in [0.2, 0.25) is 0 Å². The van der Waals surface area contributed by atoms with Gasteiger partial charge in [-0.25, -0.2) is 0 Å². The number of benzene rings is 1. The van der Waals surface area contributed by atoms with Crippen LogP contribution in [0.3, 0.4) is 0 Å². The van der Waals surface area contributed by atoms with Crippen molar-refractivity contribution in [3.63, 3.8) is 0 Å². The summed E-state index contributed by atoms with van der Waals surface area (Å²) in [5.41, 5.74) is 6.48. The molecule has 0 spiro atoms. The maximum atomic E-state index is 11.9. The van der Waals surface area contributed by atoms with Crippen LogP contribution in [0.5, 0.6) is 5.75 Å². The minimum atomic E-state index is -0.0908. The lowest BCUT2D eigenvalue weighted by molar-refractivity contribution is 0.0267.